The number of para-hydroxylation sites is 1. The van der Waals surface area contributed by atoms with Gasteiger partial charge in [-0.3, -0.25) is 9.69 Å². The normalized spacial score (nSPS) is 18.9. The zero-order valence-corrected chi connectivity index (χ0v) is 18.1. The lowest BCUT2D eigenvalue weighted by Crippen LogP contribution is -2.55. The molecule has 0 radical (unpaired) electrons. The van der Waals surface area contributed by atoms with E-state index in [1.165, 1.54) is 4.31 Å². The van der Waals surface area contributed by atoms with E-state index in [0.29, 0.717) is 5.75 Å². The summed E-state index contributed by atoms with van der Waals surface area (Å²) in [7, 11) is -3.64. The van der Waals surface area contributed by atoms with Crippen molar-refractivity contribution in [1.82, 2.24) is 14.5 Å². The van der Waals surface area contributed by atoms with E-state index in [2.05, 4.69) is 5.32 Å². The molecule has 2 saturated heterocycles. The van der Waals surface area contributed by atoms with E-state index in [-0.39, 0.29) is 49.9 Å². The number of sulfonamides is 1. The molecule has 2 aliphatic heterocycles. The summed E-state index contributed by atoms with van der Waals surface area (Å²) < 4.78 is 32.9. The smallest absolute Gasteiger partial charge is 0.325 e. The first-order valence-corrected chi connectivity index (χ1v) is 11.6. The molecule has 0 aromatic heterocycles. The van der Waals surface area contributed by atoms with Crippen molar-refractivity contribution in [2.24, 2.45) is 0 Å². The second-order valence-corrected chi connectivity index (χ2v) is 9.79. The SMILES string of the molecule is Cc1cccc(S(=O)(=O)N2CCC3(CC2)NC(=O)N(CCOc2ccccc2)C3=O)c1. The number of benzene rings is 2. The maximum Gasteiger partial charge on any atom is 0.325 e. The van der Waals surface area contributed by atoms with Gasteiger partial charge < -0.3 is 10.1 Å². The van der Waals surface area contributed by atoms with Gasteiger partial charge in [0, 0.05) is 13.1 Å². The molecule has 2 aromatic rings. The predicted molar refractivity (Wildman–Crippen MR) is 114 cm³/mol. The molecule has 0 unspecified atom stereocenters. The van der Waals surface area contributed by atoms with Crippen LogP contribution in [0.5, 0.6) is 5.75 Å². The van der Waals surface area contributed by atoms with Gasteiger partial charge in [0.1, 0.15) is 17.9 Å². The minimum Gasteiger partial charge on any atom is -0.492 e. The summed E-state index contributed by atoms with van der Waals surface area (Å²) in [5.74, 6) is 0.348. The van der Waals surface area contributed by atoms with Crippen LogP contribution in [0.4, 0.5) is 4.79 Å². The lowest BCUT2D eigenvalue weighted by atomic mass is 9.88. The average Bonchev–Trinajstić information content (AvgIpc) is 2.99. The van der Waals surface area contributed by atoms with Crippen LogP contribution in [-0.2, 0) is 14.8 Å². The molecule has 9 heteroatoms. The van der Waals surface area contributed by atoms with Crippen LogP contribution >= 0.6 is 0 Å². The molecule has 0 saturated carbocycles. The van der Waals surface area contributed by atoms with Crippen LogP contribution in [0, 0.1) is 6.92 Å². The summed E-state index contributed by atoms with van der Waals surface area (Å²) in [5, 5.41) is 2.80. The molecule has 8 nitrogen and oxygen atoms in total. The van der Waals surface area contributed by atoms with E-state index in [9.17, 15) is 18.0 Å². The van der Waals surface area contributed by atoms with Gasteiger partial charge in [-0.25, -0.2) is 13.2 Å². The van der Waals surface area contributed by atoms with Gasteiger partial charge in [-0.2, -0.15) is 4.31 Å². The summed E-state index contributed by atoms with van der Waals surface area (Å²) in [6.07, 6.45) is 0.470. The van der Waals surface area contributed by atoms with Crippen LogP contribution in [-0.4, -0.2) is 61.3 Å². The molecule has 0 bridgehead atoms. The van der Waals surface area contributed by atoms with E-state index < -0.39 is 21.6 Å². The third kappa shape index (κ3) is 4.15. The fraction of sp³-hybridized carbons (Fsp3) is 0.364. The van der Waals surface area contributed by atoms with Crippen LogP contribution in [0.3, 0.4) is 0 Å². The fourth-order valence-corrected chi connectivity index (χ4v) is 5.57. The highest BCUT2D eigenvalue weighted by Crippen LogP contribution is 2.32. The molecule has 1 N–H and O–H groups in total. The van der Waals surface area contributed by atoms with Crippen molar-refractivity contribution in [3.05, 3.63) is 60.2 Å². The molecule has 0 aliphatic carbocycles. The summed E-state index contributed by atoms with van der Waals surface area (Å²) >= 11 is 0. The number of amides is 3. The Kier molecular flexibility index (Phi) is 5.72. The zero-order chi connectivity index (χ0) is 22.1. The molecular formula is C22H25N3O5S. The van der Waals surface area contributed by atoms with E-state index in [4.69, 9.17) is 4.74 Å². The monoisotopic (exact) mass is 443 g/mol. The predicted octanol–water partition coefficient (Wildman–Crippen LogP) is 2.15. The second kappa shape index (κ2) is 8.32. The van der Waals surface area contributed by atoms with Gasteiger partial charge in [-0.15, -0.1) is 0 Å². The summed E-state index contributed by atoms with van der Waals surface area (Å²) in [6.45, 7) is 2.49. The van der Waals surface area contributed by atoms with Crippen molar-refractivity contribution in [3.8, 4) is 5.75 Å². The van der Waals surface area contributed by atoms with Crippen LogP contribution in [0.1, 0.15) is 18.4 Å². The third-order valence-electron chi connectivity index (χ3n) is 5.78. The maximum absolute atomic E-state index is 13.0. The first-order chi connectivity index (χ1) is 14.8. The quantitative estimate of drug-likeness (QED) is 0.690. The third-order valence-corrected chi connectivity index (χ3v) is 7.67. The number of nitrogens with zero attached hydrogens (tertiary/aromatic N) is 2. The Morgan fingerprint density at radius 2 is 1.74 bits per heavy atom. The number of hydrogen-bond donors (Lipinski definition) is 1. The van der Waals surface area contributed by atoms with Crippen molar-refractivity contribution < 1.29 is 22.7 Å². The number of carbonyl (C=O) groups excluding carboxylic acids is 2. The van der Waals surface area contributed by atoms with Gasteiger partial charge >= 0.3 is 6.03 Å². The number of imide groups is 1. The Bertz CT molecular complexity index is 1080. The number of piperidine rings is 1. The van der Waals surface area contributed by atoms with Crippen molar-refractivity contribution in [2.75, 3.05) is 26.2 Å². The molecule has 0 atom stereocenters. The molecule has 31 heavy (non-hydrogen) atoms. The second-order valence-electron chi connectivity index (χ2n) is 7.85. The van der Waals surface area contributed by atoms with Crippen molar-refractivity contribution in [3.63, 3.8) is 0 Å². The number of hydrogen-bond acceptors (Lipinski definition) is 5. The average molecular weight is 444 g/mol. The van der Waals surface area contributed by atoms with Gasteiger partial charge in [0.05, 0.1) is 11.4 Å². The highest BCUT2D eigenvalue weighted by molar-refractivity contribution is 7.89. The van der Waals surface area contributed by atoms with Crippen LogP contribution in [0.15, 0.2) is 59.5 Å². The molecule has 2 heterocycles. The van der Waals surface area contributed by atoms with E-state index in [1.54, 1.807) is 30.3 Å². The first kappa shape index (κ1) is 21.3. The van der Waals surface area contributed by atoms with Crippen molar-refractivity contribution in [1.29, 1.82) is 0 Å². The lowest BCUT2D eigenvalue weighted by Gasteiger charge is -2.36. The van der Waals surface area contributed by atoms with E-state index in [1.807, 2.05) is 31.2 Å². The number of carbonyl (C=O) groups is 2. The topological polar surface area (TPSA) is 96.0 Å². The molecule has 3 amide bonds. The minimum absolute atomic E-state index is 0.132. The zero-order valence-electron chi connectivity index (χ0n) is 17.3. The maximum atomic E-state index is 13.0. The molecule has 1 spiro atoms. The van der Waals surface area contributed by atoms with Gasteiger partial charge in [0.2, 0.25) is 10.0 Å². The first-order valence-electron chi connectivity index (χ1n) is 10.2. The lowest BCUT2D eigenvalue weighted by molar-refractivity contribution is -0.132. The standard InChI is InChI=1S/C22H25N3O5S/c1-17-6-5-9-19(16-17)31(28,29)24-12-10-22(11-13-24)20(26)25(21(27)23-22)14-15-30-18-7-3-2-4-8-18/h2-9,16H,10-15H2,1H3,(H,23,27). The summed E-state index contributed by atoms with van der Waals surface area (Å²) in [5.41, 5.74) is -0.191. The molecular weight excluding hydrogens is 418 g/mol. The van der Waals surface area contributed by atoms with E-state index in [0.717, 1.165) is 10.5 Å². The van der Waals surface area contributed by atoms with Gasteiger partial charge in [0.15, 0.2) is 0 Å². The number of ether oxygens (including phenoxy) is 1. The molecule has 4 rings (SSSR count). The molecule has 164 valence electrons. The number of aryl methyl sites for hydroxylation is 1. The Balaban J connectivity index is 1.39. The Morgan fingerprint density at radius 1 is 1.03 bits per heavy atom. The number of urea groups is 1. The summed E-state index contributed by atoms with van der Waals surface area (Å²) in [6, 6.07) is 15.5. The Labute approximate surface area is 181 Å². The largest absolute Gasteiger partial charge is 0.492 e. The number of rotatable bonds is 6. The van der Waals surface area contributed by atoms with Crippen LogP contribution in [0.25, 0.3) is 0 Å². The van der Waals surface area contributed by atoms with Gasteiger partial charge in [-0.1, -0.05) is 30.3 Å². The van der Waals surface area contributed by atoms with Crippen LogP contribution in [0.2, 0.25) is 0 Å². The Morgan fingerprint density at radius 3 is 2.42 bits per heavy atom. The minimum atomic E-state index is -3.64. The summed E-state index contributed by atoms with van der Waals surface area (Å²) in [4.78, 5) is 26.9. The highest BCUT2D eigenvalue weighted by Gasteiger charge is 2.53. The Hall–Kier alpha value is -2.91. The molecule has 2 fully saturated rings. The van der Waals surface area contributed by atoms with Crippen molar-refractivity contribution >= 4 is 22.0 Å². The molecule has 2 aliphatic rings. The highest BCUT2D eigenvalue weighted by atomic mass is 32.2. The van der Waals surface area contributed by atoms with Gasteiger partial charge in [0.25, 0.3) is 5.91 Å². The van der Waals surface area contributed by atoms with E-state index >= 15 is 0 Å². The van der Waals surface area contributed by atoms with Crippen molar-refractivity contribution in [2.45, 2.75) is 30.2 Å². The van der Waals surface area contributed by atoms with Gasteiger partial charge in [-0.05, 0) is 49.6 Å². The molecule has 2 aromatic carbocycles. The van der Waals surface area contributed by atoms with Crippen LogP contribution < -0.4 is 10.1 Å². The number of nitrogens with one attached hydrogen (secondary N) is 1. The fourth-order valence-electron chi connectivity index (χ4n) is 4.02.